The van der Waals surface area contributed by atoms with Gasteiger partial charge < -0.3 is 10.6 Å². The summed E-state index contributed by atoms with van der Waals surface area (Å²) in [7, 11) is 1.54. The van der Waals surface area contributed by atoms with Gasteiger partial charge in [-0.05, 0) is 34.6 Å². The van der Waals surface area contributed by atoms with Crippen LogP contribution < -0.4 is 16.1 Å². The van der Waals surface area contributed by atoms with Crippen LogP contribution in [0.25, 0.3) is 10.8 Å². The Labute approximate surface area is 190 Å². The average molecular weight is 442 g/mol. The van der Waals surface area contributed by atoms with Gasteiger partial charge in [0.15, 0.2) is 0 Å². The van der Waals surface area contributed by atoms with Crippen LogP contribution in [-0.4, -0.2) is 37.4 Å². The van der Waals surface area contributed by atoms with E-state index in [9.17, 15) is 14.4 Å². The van der Waals surface area contributed by atoms with E-state index in [1.54, 1.807) is 0 Å². The van der Waals surface area contributed by atoms with E-state index >= 15 is 0 Å². The SMILES string of the molecule is CCCONC(=O)CC(Cc1ccc2ccccc2c1)C(=O)NC(C(=O)NC)C(C)(C)C. The second kappa shape index (κ2) is 11.6. The van der Waals surface area contributed by atoms with Crippen LogP contribution >= 0.6 is 0 Å². The lowest BCUT2D eigenvalue weighted by Crippen LogP contribution is -2.54. The lowest BCUT2D eigenvalue weighted by molar-refractivity contribution is -0.139. The Hall–Kier alpha value is -2.93. The minimum absolute atomic E-state index is 0.0486. The number of carbonyl (C=O) groups excluding carboxylic acids is 3. The second-order valence-electron chi connectivity index (χ2n) is 9.08. The molecular weight excluding hydrogens is 406 g/mol. The van der Waals surface area contributed by atoms with Crippen LogP contribution in [0, 0.1) is 11.3 Å². The van der Waals surface area contributed by atoms with Gasteiger partial charge in [0, 0.05) is 13.5 Å². The summed E-state index contributed by atoms with van der Waals surface area (Å²) in [6, 6.07) is 13.3. The predicted octanol–water partition coefficient (Wildman–Crippen LogP) is 3.12. The molecule has 3 amide bonds. The van der Waals surface area contributed by atoms with Crippen LogP contribution in [0.4, 0.5) is 0 Å². The lowest BCUT2D eigenvalue weighted by atomic mass is 9.85. The third-order valence-corrected chi connectivity index (χ3v) is 5.25. The summed E-state index contributed by atoms with van der Waals surface area (Å²) in [5, 5.41) is 7.65. The summed E-state index contributed by atoms with van der Waals surface area (Å²) in [5.74, 6) is -1.64. The van der Waals surface area contributed by atoms with Crippen molar-refractivity contribution in [3.05, 3.63) is 48.0 Å². The Balaban J connectivity index is 2.24. The average Bonchev–Trinajstić information content (AvgIpc) is 2.75. The van der Waals surface area contributed by atoms with Crippen molar-refractivity contribution >= 4 is 28.5 Å². The summed E-state index contributed by atoms with van der Waals surface area (Å²) in [6.07, 6.45) is 1.08. The summed E-state index contributed by atoms with van der Waals surface area (Å²) < 4.78 is 0. The van der Waals surface area contributed by atoms with Gasteiger partial charge in [0.1, 0.15) is 6.04 Å². The molecule has 0 aliphatic heterocycles. The minimum atomic E-state index is -0.724. The normalized spacial score (nSPS) is 13.3. The molecule has 2 aromatic rings. The highest BCUT2D eigenvalue weighted by Gasteiger charge is 2.34. The number of hydrogen-bond donors (Lipinski definition) is 3. The lowest BCUT2D eigenvalue weighted by Gasteiger charge is -2.31. The number of rotatable bonds is 10. The molecule has 0 aliphatic carbocycles. The summed E-state index contributed by atoms with van der Waals surface area (Å²) in [5.41, 5.74) is 2.86. The van der Waals surface area contributed by atoms with Crippen molar-refractivity contribution in [3.8, 4) is 0 Å². The second-order valence-corrected chi connectivity index (χ2v) is 9.08. The number of hydrogen-bond acceptors (Lipinski definition) is 4. The molecule has 0 radical (unpaired) electrons. The van der Waals surface area contributed by atoms with Gasteiger partial charge in [-0.1, -0.05) is 70.2 Å². The molecule has 3 N–H and O–H groups in total. The molecule has 2 atom stereocenters. The summed E-state index contributed by atoms with van der Waals surface area (Å²) in [4.78, 5) is 43.2. The smallest absolute Gasteiger partial charge is 0.244 e. The molecule has 32 heavy (non-hydrogen) atoms. The summed E-state index contributed by atoms with van der Waals surface area (Å²) in [6.45, 7) is 7.99. The van der Waals surface area contributed by atoms with E-state index in [2.05, 4.69) is 16.1 Å². The Morgan fingerprint density at radius 3 is 2.31 bits per heavy atom. The van der Waals surface area contributed by atoms with Crippen molar-refractivity contribution in [2.75, 3.05) is 13.7 Å². The van der Waals surface area contributed by atoms with Crippen LogP contribution in [0.2, 0.25) is 0 Å². The van der Waals surface area contributed by atoms with Gasteiger partial charge in [-0.25, -0.2) is 5.48 Å². The van der Waals surface area contributed by atoms with Gasteiger partial charge in [0.05, 0.1) is 12.5 Å². The highest BCUT2D eigenvalue weighted by atomic mass is 16.6. The number of benzene rings is 2. The Bertz CT molecular complexity index is 936. The Morgan fingerprint density at radius 2 is 1.69 bits per heavy atom. The largest absolute Gasteiger partial charge is 0.357 e. The van der Waals surface area contributed by atoms with E-state index in [4.69, 9.17) is 4.84 Å². The van der Waals surface area contributed by atoms with Crippen molar-refractivity contribution in [3.63, 3.8) is 0 Å². The zero-order chi connectivity index (χ0) is 23.7. The topological polar surface area (TPSA) is 96.5 Å². The molecule has 0 bridgehead atoms. The van der Waals surface area contributed by atoms with Crippen LogP contribution in [0.5, 0.6) is 0 Å². The highest BCUT2D eigenvalue weighted by molar-refractivity contribution is 5.91. The van der Waals surface area contributed by atoms with Crippen molar-refractivity contribution < 1.29 is 19.2 Å². The monoisotopic (exact) mass is 441 g/mol. The van der Waals surface area contributed by atoms with Crippen LogP contribution in [0.3, 0.4) is 0 Å². The first kappa shape index (κ1) is 25.3. The van der Waals surface area contributed by atoms with E-state index < -0.39 is 17.4 Å². The maximum absolute atomic E-state index is 13.2. The maximum atomic E-state index is 13.2. The zero-order valence-corrected chi connectivity index (χ0v) is 19.7. The molecule has 0 heterocycles. The molecule has 0 saturated carbocycles. The fourth-order valence-corrected chi connectivity index (χ4v) is 3.49. The number of amides is 3. The predicted molar refractivity (Wildman–Crippen MR) is 126 cm³/mol. The first-order valence-corrected chi connectivity index (χ1v) is 11.1. The van der Waals surface area contributed by atoms with E-state index in [0.717, 1.165) is 22.8 Å². The maximum Gasteiger partial charge on any atom is 0.244 e. The van der Waals surface area contributed by atoms with Crippen LogP contribution in [-0.2, 0) is 25.6 Å². The fourth-order valence-electron chi connectivity index (χ4n) is 3.49. The van der Waals surface area contributed by atoms with Crippen LogP contribution in [0.1, 0.15) is 46.1 Å². The molecule has 2 unspecified atom stereocenters. The number of hydroxylamine groups is 1. The highest BCUT2D eigenvalue weighted by Crippen LogP contribution is 2.23. The molecule has 174 valence electrons. The zero-order valence-electron chi connectivity index (χ0n) is 19.7. The van der Waals surface area contributed by atoms with E-state index in [0.29, 0.717) is 13.0 Å². The van der Waals surface area contributed by atoms with E-state index in [-0.39, 0.29) is 24.1 Å². The number of nitrogens with one attached hydrogen (secondary N) is 3. The van der Waals surface area contributed by atoms with Crippen LogP contribution in [0.15, 0.2) is 42.5 Å². The molecular formula is C25H35N3O4. The molecule has 0 spiro atoms. The van der Waals surface area contributed by atoms with Crippen molar-refractivity contribution in [2.24, 2.45) is 11.3 Å². The third kappa shape index (κ3) is 7.34. The van der Waals surface area contributed by atoms with Gasteiger partial charge in [-0.3, -0.25) is 19.2 Å². The molecule has 7 heteroatoms. The third-order valence-electron chi connectivity index (χ3n) is 5.25. The fraction of sp³-hybridized carbons (Fsp3) is 0.480. The number of carbonyl (C=O) groups is 3. The first-order chi connectivity index (χ1) is 15.2. The Kier molecular flexibility index (Phi) is 9.20. The quantitative estimate of drug-likeness (QED) is 0.390. The van der Waals surface area contributed by atoms with E-state index in [1.165, 1.54) is 7.05 Å². The van der Waals surface area contributed by atoms with E-state index in [1.807, 2.05) is 70.2 Å². The molecule has 2 rings (SSSR count). The number of fused-ring (bicyclic) bond motifs is 1. The number of likely N-dealkylation sites (N-methyl/N-ethyl adjacent to an activating group) is 1. The van der Waals surface area contributed by atoms with Gasteiger partial charge in [-0.15, -0.1) is 0 Å². The standard InChI is InChI=1S/C25H35N3O4/c1-6-13-32-28-21(29)16-20(23(30)27-22(24(31)26-5)25(2,3)4)15-17-11-12-18-9-7-8-10-19(18)14-17/h7-12,14,20,22H,6,13,15-16H2,1-5H3,(H,26,31)(H,27,30)(H,28,29). The van der Waals surface area contributed by atoms with Gasteiger partial charge in [0.25, 0.3) is 0 Å². The molecule has 0 saturated heterocycles. The van der Waals surface area contributed by atoms with Crippen molar-refractivity contribution in [2.45, 2.75) is 53.0 Å². The van der Waals surface area contributed by atoms with Gasteiger partial charge >= 0.3 is 0 Å². The molecule has 0 aliphatic rings. The van der Waals surface area contributed by atoms with Gasteiger partial charge in [0.2, 0.25) is 17.7 Å². The molecule has 2 aromatic carbocycles. The molecule has 0 aromatic heterocycles. The summed E-state index contributed by atoms with van der Waals surface area (Å²) >= 11 is 0. The minimum Gasteiger partial charge on any atom is -0.357 e. The first-order valence-electron chi connectivity index (χ1n) is 11.1. The molecule has 0 fully saturated rings. The Morgan fingerprint density at radius 1 is 1.00 bits per heavy atom. The molecule has 7 nitrogen and oxygen atoms in total. The van der Waals surface area contributed by atoms with Crippen molar-refractivity contribution in [1.82, 2.24) is 16.1 Å². The van der Waals surface area contributed by atoms with Gasteiger partial charge in [-0.2, -0.15) is 0 Å². The van der Waals surface area contributed by atoms with Crippen molar-refractivity contribution in [1.29, 1.82) is 0 Å².